The number of anilines is 1. The van der Waals surface area contributed by atoms with E-state index in [-0.39, 0.29) is 5.91 Å². The summed E-state index contributed by atoms with van der Waals surface area (Å²) in [4.78, 5) is 29.1. The third-order valence-corrected chi connectivity index (χ3v) is 3.64. The first-order chi connectivity index (χ1) is 10.3. The highest BCUT2D eigenvalue weighted by Crippen LogP contribution is 2.13. The molecule has 3 rings (SSSR count). The van der Waals surface area contributed by atoms with Crippen molar-refractivity contribution in [2.45, 2.75) is 6.92 Å². The number of rotatable bonds is 2. The van der Waals surface area contributed by atoms with Gasteiger partial charge in [0, 0.05) is 50.5 Å². The lowest BCUT2D eigenvalue weighted by Gasteiger charge is -2.34. The Labute approximate surface area is 123 Å². The molecule has 0 aliphatic carbocycles. The number of hydrogen-bond donors (Lipinski definition) is 0. The number of aryl methyl sites for hydroxylation is 1. The maximum atomic E-state index is 12.5. The Balaban J connectivity index is 1.66. The van der Waals surface area contributed by atoms with Crippen LogP contribution >= 0.6 is 0 Å². The van der Waals surface area contributed by atoms with Crippen LogP contribution in [0.3, 0.4) is 0 Å². The van der Waals surface area contributed by atoms with Crippen LogP contribution in [0.1, 0.15) is 16.1 Å². The normalized spacial score (nSPS) is 15.1. The summed E-state index contributed by atoms with van der Waals surface area (Å²) < 4.78 is 0. The first-order valence-electron chi connectivity index (χ1n) is 6.98. The second-order valence-corrected chi connectivity index (χ2v) is 4.96. The lowest BCUT2D eigenvalue weighted by atomic mass is 10.1. The maximum absolute atomic E-state index is 12.5. The summed E-state index contributed by atoms with van der Waals surface area (Å²) >= 11 is 0. The van der Waals surface area contributed by atoms with Gasteiger partial charge in [0.2, 0.25) is 5.95 Å². The molecule has 1 fully saturated rings. The van der Waals surface area contributed by atoms with Gasteiger partial charge in [-0.05, 0) is 25.1 Å². The number of piperazine rings is 1. The molecule has 2 aromatic rings. The molecule has 0 bridgehead atoms. The highest BCUT2D eigenvalue weighted by atomic mass is 16.2. The molecule has 1 aliphatic rings. The van der Waals surface area contributed by atoms with E-state index in [0.717, 1.165) is 24.7 Å². The van der Waals surface area contributed by atoms with Gasteiger partial charge in [0.05, 0.1) is 5.56 Å². The Morgan fingerprint density at radius 1 is 1.00 bits per heavy atom. The molecule has 108 valence electrons. The first-order valence-corrected chi connectivity index (χ1v) is 6.98. The predicted octanol–water partition coefficient (Wildman–Crippen LogP) is 1.14. The van der Waals surface area contributed by atoms with Crippen molar-refractivity contribution in [1.29, 1.82) is 0 Å². The van der Waals surface area contributed by atoms with Gasteiger partial charge >= 0.3 is 0 Å². The monoisotopic (exact) mass is 283 g/mol. The fourth-order valence-electron chi connectivity index (χ4n) is 2.44. The number of hydrogen-bond acceptors (Lipinski definition) is 5. The molecule has 0 spiro atoms. The van der Waals surface area contributed by atoms with Crippen molar-refractivity contribution < 1.29 is 4.79 Å². The number of carbonyl (C=O) groups is 1. The van der Waals surface area contributed by atoms with Gasteiger partial charge in [-0.1, -0.05) is 0 Å². The lowest BCUT2D eigenvalue weighted by Crippen LogP contribution is -2.49. The molecule has 0 radical (unpaired) electrons. The molecule has 0 N–H and O–H groups in total. The van der Waals surface area contributed by atoms with E-state index in [1.54, 1.807) is 30.7 Å². The Morgan fingerprint density at radius 3 is 2.33 bits per heavy atom. The molecular formula is C15H17N5O. The van der Waals surface area contributed by atoms with Crippen LogP contribution in [-0.2, 0) is 0 Å². The van der Waals surface area contributed by atoms with Crippen molar-refractivity contribution in [1.82, 2.24) is 19.9 Å². The minimum Gasteiger partial charge on any atom is -0.337 e. The van der Waals surface area contributed by atoms with Gasteiger partial charge in [-0.2, -0.15) is 0 Å². The van der Waals surface area contributed by atoms with Crippen LogP contribution in [0.15, 0.2) is 36.8 Å². The van der Waals surface area contributed by atoms with E-state index < -0.39 is 0 Å². The van der Waals surface area contributed by atoms with Crippen LogP contribution in [-0.4, -0.2) is 51.9 Å². The molecule has 1 saturated heterocycles. The molecule has 6 heteroatoms. The van der Waals surface area contributed by atoms with Crippen LogP contribution in [0.5, 0.6) is 0 Å². The van der Waals surface area contributed by atoms with Crippen LogP contribution in [0.2, 0.25) is 0 Å². The lowest BCUT2D eigenvalue weighted by molar-refractivity contribution is 0.0745. The summed E-state index contributed by atoms with van der Waals surface area (Å²) in [6, 6.07) is 5.43. The number of carbonyl (C=O) groups excluding carboxylic acids is 1. The summed E-state index contributed by atoms with van der Waals surface area (Å²) in [6.45, 7) is 4.70. The number of amides is 1. The summed E-state index contributed by atoms with van der Waals surface area (Å²) in [5.41, 5.74) is 1.46. The molecule has 21 heavy (non-hydrogen) atoms. The van der Waals surface area contributed by atoms with Crippen LogP contribution < -0.4 is 4.90 Å². The van der Waals surface area contributed by atoms with Gasteiger partial charge in [0.25, 0.3) is 5.91 Å². The van der Waals surface area contributed by atoms with Gasteiger partial charge in [0.15, 0.2) is 0 Å². The zero-order valence-electron chi connectivity index (χ0n) is 11.9. The quantitative estimate of drug-likeness (QED) is 0.827. The van der Waals surface area contributed by atoms with Crippen LogP contribution in [0.4, 0.5) is 5.95 Å². The standard InChI is InChI=1S/C15H17N5O/c1-12-13(4-2-5-16-12)14(21)19-8-10-20(11-9-19)15-17-6-3-7-18-15/h2-7H,8-11H2,1H3. The first kappa shape index (κ1) is 13.5. The largest absolute Gasteiger partial charge is 0.337 e. The van der Waals surface area contributed by atoms with Gasteiger partial charge in [-0.3, -0.25) is 9.78 Å². The van der Waals surface area contributed by atoms with Crippen molar-refractivity contribution >= 4 is 11.9 Å². The SMILES string of the molecule is Cc1ncccc1C(=O)N1CCN(c2ncccn2)CC1. The van der Waals surface area contributed by atoms with Crippen molar-refractivity contribution in [2.24, 2.45) is 0 Å². The van der Waals surface area contributed by atoms with E-state index >= 15 is 0 Å². The van der Waals surface area contributed by atoms with Gasteiger partial charge in [-0.15, -0.1) is 0 Å². The Kier molecular flexibility index (Phi) is 3.77. The highest BCUT2D eigenvalue weighted by Gasteiger charge is 2.24. The highest BCUT2D eigenvalue weighted by molar-refractivity contribution is 5.95. The van der Waals surface area contributed by atoms with E-state index in [1.165, 1.54) is 0 Å². The van der Waals surface area contributed by atoms with Gasteiger partial charge < -0.3 is 9.80 Å². The van der Waals surface area contributed by atoms with E-state index in [0.29, 0.717) is 18.7 Å². The second kappa shape index (κ2) is 5.87. The average Bonchev–Trinajstić information content (AvgIpc) is 2.56. The summed E-state index contributed by atoms with van der Waals surface area (Å²) in [5.74, 6) is 0.774. The van der Waals surface area contributed by atoms with Crippen molar-refractivity contribution in [3.05, 3.63) is 48.0 Å². The summed E-state index contributed by atoms with van der Waals surface area (Å²) in [7, 11) is 0. The molecular weight excluding hydrogens is 266 g/mol. The molecule has 1 amide bonds. The molecule has 0 unspecified atom stereocenters. The molecule has 0 saturated carbocycles. The van der Waals surface area contributed by atoms with E-state index in [2.05, 4.69) is 19.9 Å². The van der Waals surface area contributed by atoms with Crippen molar-refractivity contribution in [3.63, 3.8) is 0 Å². The molecule has 0 atom stereocenters. The Bertz CT molecular complexity index is 623. The minimum atomic E-state index is 0.0502. The molecule has 3 heterocycles. The molecule has 6 nitrogen and oxygen atoms in total. The summed E-state index contributed by atoms with van der Waals surface area (Å²) in [5, 5.41) is 0. The zero-order valence-corrected chi connectivity index (χ0v) is 11.9. The van der Waals surface area contributed by atoms with Crippen LogP contribution in [0, 0.1) is 6.92 Å². The second-order valence-electron chi connectivity index (χ2n) is 4.96. The summed E-state index contributed by atoms with van der Waals surface area (Å²) in [6.07, 6.45) is 5.18. The van der Waals surface area contributed by atoms with E-state index in [4.69, 9.17) is 0 Å². The Morgan fingerprint density at radius 2 is 1.67 bits per heavy atom. The molecule has 1 aliphatic heterocycles. The fraction of sp³-hybridized carbons (Fsp3) is 0.333. The third-order valence-electron chi connectivity index (χ3n) is 3.64. The Hall–Kier alpha value is -2.50. The molecule has 2 aromatic heterocycles. The van der Waals surface area contributed by atoms with Gasteiger partial charge in [-0.25, -0.2) is 9.97 Å². The van der Waals surface area contributed by atoms with E-state index in [9.17, 15) is 4.79 Å². The zero-order chi connectivity index (χ0) is 14.7. The van der Waals surface area contributed by atoms with Crippen LogP contribution in [0.25, 0.3) is 0 Å². The van der Waals surface area contributed by atoms with E-state index in [1.807, 2.05) is 17.9 Å². The molecule has 0 aromatic carbocycles. The smallest absolute Gasteiger partial charge is 0.255 e. The maximum Gasteiger partial charge on any atom is 0.255 e. The third kappa shape index (κ3) is 2.84. The van der Waals surface area contributed by atoms with Crippen molar-refractivity contribution in [2.75, 3.05) is 31.1 Å². The number of aromatic nitrogens is 3. The predicted molar refractivity (Wildman–Crippen MR) is 79.1 cm³/mol. The van der Waals surface area contributed by atoms with Gasteiger partial charge in [0.1, 0.15) is 0 Å². The van der Waals surface area contributed by atoms with Crippen molar-refractivity contribution in [3.8, 4) is 0 Å². The topological polar surface area (TPSA) is 62.2 Å². The fourth-order valence-corrected chi connectivity index (χ4v) is 2.44. The number of pyridine rings is 1. The number of nitrogens with zero attached hydrogens (tertiary/aromatic N) is 5. The average molecular weight is 283 g/mol. The minimum absolute atomic E-state index is 0.0502.